The maximum absolute atomic E-state index is 11.9. The molecule has 0 bridgehead atoms. The van der Waals surface area contributed by atoms with Gasteiger partial charge in [0, 0.05) is 44.7 Å². The molecule has 3 rings (SSSR count). The predicted octanol–water partition coefficient (Wildman–Crippen LogP) is 1.97. The first kappa shape index (κ1) is 15.5. The average molecular weight is 304 g/mol. The SMILES string of the molecule is CCc1nc(CN(C)[C@H]2C[C@H]3CC(=O)N(C)C[C@H]3C2)c(C)[nH]1. The Morgan fingerprint density at radius 2 is 2.09 bits per heavy atom. The van der Waals surface area contributed by atoms with Crippen molar-refractivity contribution in [1.82, 2.24) is 19.8 Å². The Kier molecular flexibility index (Phi) is 4.26. The number of nitrogens with one attached hydrogen (secondary N) is 1. The fourth-order valence-corrected chi connectivity index (χ4v) is 4.10. The zero-order chi connectivity index (χ0) is 15.9. The lowest BCUT2D eigenvalue weighted by Crippen LogP contribution is -2.39. The molecular formula is C17H28N4O. The Morgan fingerprint density at radius 3 is 2.77 bits per heavy atom. The van der Waals surface area contributed by atoms with Gasteiger partial charge in [-0.25, -0.2) is 4.98 Å². The third-order valence-corrected chi connectivity index (χ3v) is 5.58. The highest BCUT2D eigenvalue weighted by Crippen LogP contribution is 2.40. The van der Waals surface area contributed by atoms with E-state index in [9.17, 15) is 4.79 Å². The maximum Gasteiger partial charge on any atom is 0.222 e. The van der Waals surface area contributed by atoms with Gasteiger partial charge in [-0.15, -0.1) is 0 Å². The normalized spacial score (nSPS) is 28.5. The molecule has 1 saturated heterocycles. The molecule has 1 aliphatic carbocycles. The summed E-state index contributed by atoms with van der Waals surface area (Å²) >= 11 is 0. The number of nitrogens with zero attached hydrogens (tertiary/aromatic N) is 3. The van der Waals surface area contributed by atoms with Crippen LogP contribution in [-0.4, -0.2) is 52.4 Å². The molecule has 3 atom stereocenters. The van der Waals surface area contributed by atoms with Crippen LogP contribution in [0.5, 0.6) is 0 Å². The summed E-state index contributed by atoms with van der Waals surface area (Å²) in [6.07, 6.45) is 4.06. The summed E-state index contributed by atoms with van der Waals surface area (Å²) in [6.45, 7) is 6.07. The van der Waals surface area contributed by atoms with E-state index in [-0.39, 0.29) is 0 Å². The summed E-state index contributed by atoms with van der Waals surface area (Å²) in [5.74, 6) is 2.66. The third-order valence-electron chi connectivity index (χ3n) is 5.58. The Morgan fingerprint density at radius 1 is 1.36 bits per heavy atom. The first-order chi connectivity index (χ1) is 10.5. The van der Waals surface area contributed by atoms with Crippen molar-refractivity contribution in [1.29, 1.82) is 0 Å². The molecule has 2 heterocycles. The summed E-state index contributed by atoms with van der Waals surface area (Å²) in [5, 5.41) is 0. The highest BCUT2D eigenvalue weighted by Gasteiger charge is 2.41. The summed E-state index contributed by atoms with van der Waals surface area (Å²) in [5.41, 5.74) is 2.36. The van der Waals surface area contributed by atoms with Crippen molar-refractivity contribution in [3.8, 4) is 0 Å². The molecule has 2 aliphatic rings. The molecule has 22 heavy (non-hydrogen) atoms. The quantitative estimate of drug-likeness (QED) is 0.925. The van der Waals surface area contributed by atoms with Gasteiger partial charge in [-0.2, -0.15) is 0 Å². The van der Waals surface area contributed by atoms with E-state index in [0.717, 1.165) is 38.2 Å². The Balaban J connectivity index is 1.63. The van der Waals surface area contributed by atoms with Crippen molar-refractivity contribution in [2.24, 2.45) is 11.8 Å². The van der Waals surface area contributed by atoms with Gasteiger partial charge in [0.05, 0.1) is 5.69 Å². The van der Waals surface area contributed by atoms with E-state index in [1.54, 1.807) is 0 Å². The second-order valence-electron chi connectivity index (χ2n) is 7.15. The lowest BCUT2D eigenvalue weighted by Gasteiger charge is -2.31. The second kappa shape index (κ2) is 6.03. The minimum absolute atomic E-state index is 0.320. The number of rotatable bonds is 4. The minimum Gasteiger partial charge on any atom is -0.346 e. The van der Waals surface area contributed by atoms with E-state index in [2.05, 4.69) is 30.8 Å². The third kappa shape index (κ3) is 2.91. The van der Waals surface area contributed by atoms with Crippen LogP contribution in [0.2, 0.25) is 0 Å². The van der Waals surface area contributed by atoms with Gasteiger partial charge >= 0.3 is 0 Å². The van der Waals surface area contributed by atoms with Gasteiger partial charge < -0.3 is 9.88 Å². The molecule has 0 spiro atoms. The smallest absolute Gasteiger partial charge is 0.222 e. The molecule has 2 fully saturated rings. The average Bonchev–Trinajstić information content (AvgIpc) is 3.03. The van der Waals surface area contributed by atoms with Crippen LogP contribution < -0.4 is 0 Å². The van der Waals surface area contributed by atoms with Crippen LogP contribution in [0.25, 0.3) is 0 Å². The van der Waals surface area contributed by atoms with Gasteiger partial charge in [0.1, 0.15) is 5.82 Å². The molecule has 0 radical (unpaired) electrons. The molecule has 1 aliphatic heterocycles. The van der Waals surface area contributed by atoms with Crippen molar-refractivity contribution in [2.45, 2.75) is 52.1 Å². The fourth-order valence-electron chi connectivity index (χ4n) is 4.10. The van der Waals surface area contributed by atoms with Crippen molar-refractivity contribution in [3.05, 3.63) is 17.2 Å². The number of carbonyl (C=O) groups excluding carboxylic acids is 1. The number of aromatic nitrogens is 2. The maximum atomic E-state index is 11.9. The van der Waals surface area contributed by atoms with E-state index >= 15 is 0 Å². The topological polar surface area (TPSA) is 52.2 Å². The molecule has 1 saturated carbocycles. The number of likely N-dealkylation sites (tertiary alicyclic amines) is 1. The fraction of sp³-hybridized carbons (Fsp3) is 0.765. The molecule has 1 aromatic heterocycles. The van der Waals surface area contributed by atoms with Gasteiger partial charge in [0.2, 0.25) is 5.91 Å². The number of H-pyrrole nitrogens is 1. The summed E-state index contributed by atoms with van der Waals surface area (Å²) in [6, 6.07) is 0.579. The van der Waals surface area contributed by atoms with Crippen LogP contribution in [0.15, 0.2) is 0 Å². The molecule has 5 heteroatoms. The lowest BCUT2D eigenvalue weighted by molar-refractivity contribution is -0.134. The number of hydrogen-bond donors (Lipinski definition) is 1. The molecular weight excluding hydrogens is 276 g/mol. The molecule has 0 unspecified atom stereocenters. The molecule has 1 aromatic rings. The monoisotopic (exact) mass is 304 g/mol. The first-order valence-corrected chi connectivity index (χ1v) is 8.46. The number of amides is 1. The highest BCUT2D eigenvalue weighted by atomic mass is 16.2. The molecule has 122 valence electrons. The number of aryl methyl sites for hydroxylation is 2. The highest BCUT2D eigenvalue weighted by molar-refractivity contribution is 5.77. The number of carbonyl (C=O) groups is 1. The molecule has 5 nitrogen and oxygen atoms in total. The number of fused-ring (bicyclic) bond motifs is 1. The summed E-state index contributed by atoms with van der Waals surface area (Å²) < 4.78 is 0. The van der Waals surface area contributed by atoms with E-state index in [0.29, 0.717) is 23.8 Å². The van der Waals surface area contributed by atoms with E-state index in [4.69, 9.17) is 4.98 Å². The van der Waals surface area contributed by atoms with Crippen LogP contribution in [0, 0.1) is 18.8 Å². The Bertz CT molecular complexity index is 553. The zero-order valence-corrected chi connectivity index (χ0v) is 14.2. The van der Waals surface area contributed by atoms with E-state index in [1.165, 1.54) is 17.8 Å². The summed E-state index contributed by atoms with van der Waals surface area (Å²) in [4.78, 5) is 24.3. The van der Waals surface area contributed by atoms with Crippen LogP contribution in [-0.2, 0) is 17.8 Å². The van der Waals surface area contributed by atoms with Gasteiger partial charge in [0.25, 0.3) is 0 Å². The van der Waals surface area contributed by atoms with Gasteiger partial charge in [-0.1, -0.05) is 6.92 Å². The van der Waals surface area contributed by atoms with E-state index in [1.807, 2.05) is 11.9 Å². The van der Waals surface area contributed by atoms with Crippen LogP contribution in [0.1, 0.15) is 43.4 Å². The standard InChI is InChI=1S/C17H28N4O/c1-5-16-18-11(2)15(19-16)10-20(3)14-6-12-8-17(22)21(4)9-13(12)7-14/h12-14H,5-10H2,1-4H3,(H,18,19)/t12-,13+,14-/m0/s1. The minimum atomic E-state index is 0.320. The number of piperidine rings is 1. The zero-order valence-electron chi connectivity index (χ0n) is 14.2. The Labute approximate surface area is 133 Å². The second-order valence-corrected chi connectivity index (χ2v) is 7.15. The van der Waals surface area contributed by atoms with Crippen LogP contribution in [0.3, 0.4) is 0 Å². The van der Waals surface area contributed by atoms with Gasteiger partial charge in [0.15, 0.2) is 0 Å². The molecule has 0 aromatic carbocycles. The van der Waals surface area contributed by atoms with Crippen LogP contribution >= 0.6 is 0 Å². The van der Waals surface area contributed by atoms with Crippen molar-refractivity contribution >= 4 is 5.91 Å². The van der Waals surface area contributed by atoms with E-state index < -0.39 is 0 Å². The first-order valence-electron chi connectivity index (χ1n) is 8.46. The van der Waals surface area contributed by atoms with Gasteiger partial charge in [-0.05, 0) is 38.6 Å². The largest absolute Gasteiger partial charge is 0.346 e. The lowest BCUT2D eigenvalue weighted by atomic mass is 9.88. The van der Waals surface area contributed by atoms with Crippen molar-refractivity contribution in [2.75, 3.05) is 20.6 Å². The predicted molar refractivity (Wildman–Crippen MR) is 86.4 cm³/mol. The number of aromatic amines is 1. The summed E-state index contributed by atoms with van der Waals surface area (Å²) in [7, 11) is 4.14. The number of hydrogen-bond acceptors (Lipinski definition) is 3. The van der Waals surface area contributed by atoms with Gasteiger partial charge in [-0.3, -0.25) is 9.69 Å². The number of imidazole rings is 1. The van der Waals surface area contributed by atoms with Crippen LogP contribution in [0.4, 0.5) is 0 Å². The van der Waals surface area contributed by atoms with Crippen molar-refractivity contribution < 1.29 is 4.79 Å². The van der Waals surface area contributed by atoms with Crippen molar-refractivity contribution in [3.63, 3.8) is 0 Å². The Hall–Kier alpha value is -1.36. The molecule has 1 amide bonds. The molecule has 1 N–H and O–H groups in total.